The Kier molecular flexibility index (Phi) is 5.14. The molecule has 4 nitrogen and oxygen atoms in total. The first kappa shape index (κ1) is 18.0. The summed E-state index contributed by atoms with van der Waals surface area (Å²) < 4.78 is 13.3. The van der Waals surface area contributed by atoms with E-state index in [0.717, 1.165) is 27.8 Å². The Morgan fingerprint density at radius 1 is 1.15 bits per heavy atom. The third-order valence-corrected chi connectivity index (χ3v) is 5.21. The Balaban J connectivity index is 1.56. The number of nitrogens with zero attached hydrogens (tertiary/aromatic N) is 2. The molecule has 4 rings (SSSR count). The molecule has 0 aliphatic carbocycles. The van der Waals surface area contributed by atoms with Crippen LogP contribution in [0.1, 0.15) is 18.4 Å². The zero-order chi connectivity index (χ0) is 18.8. The number of hydrogen-bond donors (Lipinski definition) is 2. The van der Waals surface area contributed by atoms with Crippen LogP contribution in [0, 0.1) is 0 Å². The molecule has 140 valence electrons. The number of anilines is 2. The zero-order valence-electron chi connectivity index (χ0n) is 14.8. The Morgan fingerprint density at radius 3 is 2.78 bits per heavy atom. The van der Waals surface area contributed by atoms with E-state index in [1.54, 1.807) is 12.3 Å². The average Bonchev–Trinajstić information content (AvgIpc) is 2.66. The predicted molar refractivity (Wildman–Crippen MR) is 108 cm³/mol. The van der Waals surface area contributed by atoms with Crippen molar-refractivity contribution in [1.82, 2.24) is 9.88 Å². The minimum atomic E-state index is -0.698. The summed E-state index contributed by atoms with van der Waals surface area (Å²) in [4.78, 5) is 6.54. The molecule has 0 amide bonds. The smallest absolute Gasteiger partial charge is 0.120 e. The first-order valence-electron chi connectivity index (χ1n) is 9.08. The van der Waals surface area contributed by atoms with Crippen LogP contribution in [0.25, 0.3) is 10.9 Å². The van der Waals surface area contributed by atoms with E-state index in [0.29, 0.717) is 37.5 Å². The average molecular weight is 386 g/mol. The lowest BCUT2D eigenvalue weighted by atomic mass is 10.1. The minimum Gasteiger partial charge on any atom is -0.508 e. The van der Waals surface area contributed by atoms with E-state index < -0.39 is 6.17 Å². The number of fused-ring (bicyclic) bond motifs is 1. The van der Waals surface area contributed by atoms with Crippen molar-refractivity contribution in [3.05, 3.63) is 59.2 Å². The third-order valence-electron chi connectivity index (χ3n) is 4.97. The van der Waals surface area contributed by atoms with Gasteiger partial charge in [-0.1, -0.05) is 11.6 Å². The molecule has 2 aromatic carbocycles. The summed E-state index contributed by atoms with van der Waals surface area (Å²) in [6.07, 6.45) is 2.16. The van der Waals surface area contributed by atoms with Crippen molar-refractivity contribution in [2.45, 2.75) is 25.6 Å². The van der Waals surface area contributed by atoms with Crippen molar-refractivity contribution in [2.75, 3.05) is 18.4 Å². The van der Waals surface area contributed by atoms with Crippen LogP contribution >= 0.6 is 11.6 Å². The molecular weight excluding hydrogens is 365 g/mol. The number of alkyl halides is 1. The number of likely N-dealkylation sites (tertiary alicyclic amines) is 1. The van der Waals surface area contributed by atoms with Gasteiger partial charge in [-0.2, -0.15) is 0 Å². The standard InChI is InChI=1S/C21H21ClFN3O/c22-15-1-3-18-19(5-8-24-20(18)12-15)25-17-2-4-21(27)14(11-17)13-26-9-6-16(23)7-10-26/h1-5,8,11-12,16,27H,6-7,9-10,13H2,(H,24,25). The molecule has 2 heterocycles. The number of rotatable bonds is 4. The lowest BCUT2D eigenvalue weighted by Gasteiger charge is -2.28. The molecule has 27 heavy (non-hydrogen) atoms. The largest absolute Gasteiger partial charge is 0.508 e. The molecule has 6 heteroatoms. The molecule has 0 spiro atoms. The lowest BCUT2D eigenvalue weighted by molar-refractivity contribution is 0.144. The van der Waals surface area contributed by atoms with Gasteiger partial charge in [0.2, 0.25) is 0 Å². The quantitative estimate of drug-likeness (QED) is 0.600. The van der Waals surface area contributed by atoms with Gasteiger partial charge in [0, 0.05) is 53.2 Å². The molecule has 1 aliphatic heterocycles. The summed E-state index contributed by atoms with van der Waals surface area (Å²) in [5.41, 5.74) is 3.46. The number of pyridine rings is 1. The first-order valence-corrected chi connectivity index (χ1v) is 9.46. The van der Waals surface area contributed by atoms with Crippen molar-refractivity contribution in [2.24, 2.45) is 0 Å². The van der Waals surface area contributed by atoms with E-state index in [2.05, 4.69) is 15.2 Å². The third kappa shape index (κ3) is 4.15. The number of piperidine rings is 1. The van der Waals surface area contributed by atoms with Crippen LogP contribution in [-0.4, -0.2) is 34.3 Å². The molecule has 0 atom stereocenters. The summed E-state index contributed by atoms with van der Waals surface area (Å²) >= 11 is 6.05. The van der Waals surface area contributed by atoms with E-state index in [4.69, 9.17) is 11.6 Å². The van der Waals surface area contributed by atoms with Gasteiger partial charge in [0.25, 0.3) is 0 Å². The lowest BCUT2D eigenvalue weighted by Crippen LogP contribution is -2.33. The second-order valence-electron chi connectivity index (χ2n) is 6.94. The van der Waals surface area contributed by atoms with Gasteiger partial charge in [0.05, 0.1) is 5.52 Å². The molecule has 0 saturated carbocycles. The second-order valence-corrected chi connectivity index (χ2v) is 7.38. The van der Waals surface area contributed by atoms with Crippen molar-refractivity contribution in [3.63, 3.8) is 0 Å². The molecular formula is C21H21ClFN3O. The topological polar surface area (TPSA) is 48.4 Å². The van der Waals surface area contributed by atoms with Gasteiger partial charge in [-0.15, -0.1) is 0 Å². The molecule has 2 N–H and O–H groups in total. The summed E-state index contributed by atoms with van der Waals surface area (Å²) in [7, 11) is 0. The fourth-order valence-electron chi connectivity index (χ4n) is 3.48. The van der Waals surface area contributed by atoms with Crippen molar-refractivity contribution in [1.29, 1.82) is 0 Å². The summed E-state index contributed by atoms with van der Waals surface area (Å²) in [5, 5.41) is 15.3. The monoisotopic (exact) mass is 385 g/mol. The molecule has 1 fully saturated rings. The molecule has 0 radical (unpaired) electrons. The summed E-state index contributed by atoms with van der Waals surface area (Å²) in [5.74, 6) is 0.259. The van der Waals surface area contributed by atoms with Crippen LogP contribution in [0.3, 0.4) is 0 Å². The molecule has 1 saturated heterocycles. The number of nitrogens with one attached hydrogen (secondary N) is 1. The fraction of sp³-hybridized carbons (Fsp3) is 0.286. The fourth-order valence-corrected chi connectivity index (χ4v) is 3.64. The molecule has 3 aromatic rings. The van der Waals surface area contributed by atoms with E-state index >= 15 is 0 Å². The molecule has 1 aliphatic rings. The van der Waals surface area contributed by atoms with Gasteiger partial charge in [0.15, 0.2) is 0 Å². The highest BCUT2D eigenvalue weighted by molar-refractivity contribution is 6.31. The van der Waals surface area contributed by atoms with Gasteiger partial charge in [0.1, 0.15) is 11.9 Å². The van der Waals surface area contributed by atoms with Crippen LogP contribution < -0.4 is 5.32 Å². The van der Waals surface area contributed by atoms with Crippen LogP contribution in [0.5, 0.6) is 5.75 Å². The van der Waals surface area contributed by atoms with Gasteiger partial charge in [-0.05, 0) is 55.3 Å². The van der Waals surface area contributed by atoms with E-state index in [1.165, 1.54) is 0 Å². The normalized spacial score (nSPS) is 15.9. The highest BCUT2D eigenvalue weighted by Crippen LogP contribution is 2.30. The van der Waals surface area contributed by atoms with E-state index in [1.807, 2.05) is 36.4 Å². The number of aromatic nitrogens is 1. The predicted octanol–water partition coefficient (Wildman–Crippen LogP) is 5.27. The van der Waals surface area contributed by atoms with Crippen LogP contribution in [0.2, 0.25) is 5.02 Å². The Morgan fingerprint density at radius 2 is 1.96 bits per heavy atom. The number of hydrogen-bond acceptors (Lipinski definition) is 4. The van der Waals surface area contributed by atoms with Crippen LogP contribution in [-0.2, 0) is 6.54 Å². The first-order chi connectivity index (χ1) is 13.1. The molecule has 0 bridgehead atoms. The number of halogens is 2. The number of phenols is 1. The minimum absolute atomic E-state index is 0.259. The highest BCUT2D eigenvalue weighted by Gasteiger charge is 2.19. The van der Waals surface area contributed by atoms with Crippen molar-refractivity contribution < 1.29 is 9.50 Å². The Bertz CT molecular complexity index is 957. The van der Waals surface area contributed by atoms with E-state index in [9.17, 15) is 9.50 Å². The SMILES string of the molecule is Oc1ccc(Nc2ccnc3cc(Cl)ccc23)cc1CN1CCC(F)CC1. The van der Waals surface area contributed by atoms with Crippen LogP contribution in [0.15, 0.2) is 48.7 Å². The van der Waals surface area contributed by atoms with Gasteiger partial charge in [-0.3, -0.25) is 9.88 Å². The van der Waals surface area contributed by atoms with Crippen molar-refractivity contribution in [3.8, 4) is 5.75 Å². The molecule has 0 unspecified atom stereocenters. The number of aromatic hydroxyl groups is 1. The Labute approximate surface area is 162 Å². The van der Waals surface area contributed by atoms with Gasteiger partial charge < -0.3 is 10.4 Å². The molecule has 1 aromatic heterocycles. The summed E-state index contributed by atoms with van der Waals surface area (Å²) in [6, 6.07) is 13.0. The van der Waals surface area contributed by atoms with E-state index in [-0.39, 0.29) is 5.75 Å². The zero-order valence-corrected chi connectivity index (χ0v) is 15.6. The van der Waals surface area contributed by atoms with Crippen molar-refractivity contribution >= 4 is 33.9 Å². The number of benzene rings is 2. The highest BCUT2D eigenvalue weighted by atomic mass is 35.5. The van der Waals surface area contributed by atoms with Gasteiger partial charge >= 0.3 is 0 Å². The number of phenolic OH excluding ortho intramolecular Hbond substituents is 1. The van der Waals surface area contributed by atoms with Crippen LogP contribution in [0.4, 0.5) is 15.8 Å². The van der Waals surface area contributed by atoms with Gasteiger partial charge in [-0.25, -0.2) is 4.39 Å². The summed E-state index contributed by atoms with van der Waals surface area (Å²) in [6.45, 7) is 2.04. The maximum atomic E-state index is 13.3. The maximum Gasteiger partial charge on any atom is 0.120 e. The second kappa shape index (κ2) is 7.71. The maximum absolute atomic E-state index is 13.3. The Hall–Kier alpha value is -2.37.